The van der Waals surface area contributed by atoms with Crippen LogP contribution in [0, 0.1) is 0 Å². The summed E-state index contributed by atoms with van der Waals surface area (Å²) in [4.78, 5) is 0. The summed E-state index contributed by atoms with van der Waals surface area (Å²) in [5.41, 5.74) is 5.14. The molecule has 1 fully saturated rings. The third-order valence-electron chi connectivity index (χ3n) is 2.36. The van der Waals surface area contributed by atoms with Crippen molar-refractivity contribution in [2.75, 3.05) is 13.2 Å². The zero-order valence-corrected chi connectivity index (χ0v) is 11.1. The Morgan fingerprint density at radius 3 is 1.69 bits per heavy atom. The lowest BCUT2D eigenvalue weighted by atomic mass is 9.98. The first-order valence-corrected chi connectivity index (χ1v) is 6.71. The van der Waals surface area contributed by atoms with Crippen LogP contribution in [0.25, 0.3) is 0 Å². The lowest BCUT2D eigenvalue weighted by molar-refractivity contribution is 0.130. The van der Waals surface area contributed by atoms with Gasteiger partial charge in [0.1, 0.15) is 0 Å². The van der Waals surface area contributed by atoms with Gasteiger partial charge in [-0.2, -0.15) is 0 Å². The highest BCUT2D eigenvalue weighted by molar-refractivity contribution is 4.61. The summed E-state index contributed by atoms with van der Waals surface area (Å²) in [7, 11) is 0. The summed E-state index contributed by atoms with van der Waals surface area (Å²) >= 11 is 0. The maximum absolute atomic E-state index is 8.91. The average Bonchev–Trinajstić information content (AvgIpc) is 2.32. The van der Waals surface area contributed by atoms with Crippen molar-refractivity contribution in [2.24, 2.45) is 5.73 Å². The van der Waals surface area contributed by atoms with Gasteiger partial charge in [0.2, 0.25) is 0 Å². The van der Waals surface area contributed by atoms with Crippen LogP contribution in [-0.4, -0.2) is 29.5 Å². The van der Waals surface area contributed by atoms with Crippen LogP contribution in [0.15, 0.2) is 0 Å². The topological polar surface area (TPSA) is 66.5 Å². The fourth-order valence-corrected chi connectivity index (χ4v) is 1.29. The normalized spacial score (nSPS) is 15.6. The van der Waals surface area contributed by atoms with Gasteiger partial charge in [0, 0.05) is 6.61 Å². The van der Waals surface area contributed by atoms with Gasteiger partial charge in [-0.3, -0.25) is 0 Å². The molecule has 4 N–H and O–H groups in total. The molecule has 100 valence electrons. The Balaban J connectivity index is 0. The van der Waals surface area contributed by atoms with Gasteiger partial charge in [0.05, 0.1) is 6.10 Å². The third-order valence-corrected chi connectivity index (χ3v) is 2.36. The first-order valence-electron chi connectivity index (χ1n) is 6.71. The monoisotopic (exact) mass is 233 g/mol. The predicted molar refractivity (Wildman–Crippen MR) is 70.4 cm³/mol. The highest BCUT2D eigenvalue weighted by atomic mass is 16.3. The van der Waals surface area contributed by atoms with Gasteiger partial charge >= 0.3 is 0 Å². The van der Waals surface area contributed by atoms with Gasteiger partial charge in [-0.25, -0.2) is 0 Å². The molecule has 0 aromatic rings. The molecule has 3 nitrogen and oxygen atoms in total. The number of hydrogen-bond donors (Lipinski definition) is 3. The molecule has 1 aliphatic carbocycles. The molecule has 0 atom stereocenters. The van der Waals surface area contributed by atoms with Gasteiger partial charge in [0.15, 0.2) is 0 Å². The van der Waals surface area contributed by atoms with Gasteiger partial charge in [-0.05, 0) is 32.2 Å². The molecule has 0 bridgehead atoms. The highest BCUT2D eigenvalue weighted by Gasteiger charge is 2.07. The zero-order chi connectivity index (χ0) is 12.6. The molecule has 0 heterocycles. The quantitative estimate of drug-likeness (QED) is 0.701. The summed E-state index contributed by atoms with van der Waals surface area (Å²) in [6, 6.07) is 0. The molecule has 16 heavy (non-hydrogen) atoms. The number of hydrogen-bond acceptors (Lipinski definition) is 3. The Morgan fingerprint density at radius 2 is 1.56 bits per heavy atom. The van der Waals surface area contributed by atoms with E-state index in [0.717, 1.165) is 25.8 Å². The highest BCUT2D eigenvalue weighted by Crippen LogP contribution is 2.16. The maximum atomic E-state index is 8.91. The second kappa shape index (κ2) is 17.3. The van der Waals surface area contributed by atoms with E-state index in [2.05, 4.69) is 6.92 Å². The van der Waals surface area contributed by atoms with E-state index in [1.54, 1.807) is 0 Å². The minimum Gasteiger partial charge on any atom is -0.396 e. The minimum absolute atomic E-state index is 0.0359. The van der Waals surface area contributed by atoms with E-state index in [1.165, 1.54) is 32.1 Å². The van der Waals surface area contributed by atoms with E-state index in [9.17, 15) is 0 Å². The Labute approximate surface area is 101 Å². The van der Waals surface area contributed by atoms with Crippen LogP contribution in [-0.2, 0) is 0 Å². The van der Waals surface area contributed by atoms with Gasteiger partial charge in [-0.1, -0.05) is 39.5 Å². The molecule has 1 saturated carbocycles. The van der Waals surface area contributed by atoms with Crippen LogP contribution in [0.2, 0.25) is 0 Å². The molecule has 0 spiro atoms. The number of rotatable bonds is 3. The lowest BCUT2D eigenvalue weighted by Gasteiger charge is -2.14. The average molecular weight is 233 g/mol. The smallest absolute Gasteiger partial charge is 0.0540 e. The molecule has 0 aromatic carbocycles. The van der Waals surface area contributed by atoms with E-state index >= 15 is 0 Å². The van der Waals surface area contributed by atoms with Gasteiger partial charge in [-0.15, -0.1) is 0 Å². The zero-order valence-electron chi connectivity index (χ0n) is 11.1. The standard InChI is InChI=1S/C6H12O.C4H11N.C3H8O/c7-6-4-2-1-3-5-6;1-2-3-4-5;1-2-3-4/h6-7H,1-5H2;2-5H2,1H3;4H,2-3H2,1H3. The first kappa shape index (κ1) is 18.3. The van der Waals surface area contributed by atoms with E-state index in [-0.39, 0.29) is 6.10 Å². The molecule has 0 radical (unpaired) electrons. The van der Waals surface area contributed by atoms with Crippen LogP contribution >= 0.6 is 0 Å². The molecule has 0 amide bonds. The number of nitrogens with two attached hydrogens (primary N) is 1. The molecule has 1 aliphatic rings. The molecule has 0 unspecified atom stereocenters. The van der Waals surface area contributed by atoms with Gasteiger partial charge in [0.25, 0.3) is 0 Å². The van der Waals surface area contributed by atoms with E-state index < -0.39 is 0 Å². The Kier molecular flexibility index (Phi) is 19.7. The van der Waals surface area contributed by atoms with Crippen molar-refractivity contribution in [1.29, 1.82) is 0 Å². The Hall–Kier alpha value is -0.120. The number of unbranched alkanes of at least 4 members (excludes halogenated alkanes) is 1. The predicted octanol–water partition coefficient (Wildman–Crippen LogP) is 2.45. The molecule has 0 aromatic heterocycles. The SMILES string of the molecule is CCCCN.CCCO.OC1CCCCC1. The van der Waals surface area contributed by atoms with E-state index in [0.29, 0.717) is 6.61 Å². The molecular weight excluding hydrogens is 202 g/mol. The second-order valence-corrected chi connectivity index (χ2v) is 4.16. The van der Waals surface area contributed by atoms with Crippen LogP contribution < -0.4 is 5.73 Å². The van der Waals surface area contributed by atoms with Crippen molar-refractivity contribution in [1.82, 2.24) is 0 Å². The largest absolute Gasteiger partial charge is 0.396 e. The summed E-state index contributed by atoms with van der Waals surface area (Å²) in [6.45, 7) is 5.23. The number of aliphatic hydroxyl groups excluding tert-OH is 2. The van der Waals surface area contributed by atoms with Crippen LogP contribution in [0.4, 0.5) is 0 Å². The molecule has 1 rings (SSSR count). The fraction of sp³-hybridized carbons (Fsp3) is 1.00. The summed E-state index contributed by atoms with van der Waals surface area (Å²) < 4.78 is 0. The molecular formula is C13H31NO2. The van der Waals surface area contributed by atoms with E-state index in [1.807, 2.05) is 6.92 Å². The Bertz CT molecular complexity index is 100. The van der Waals surface area contributed by atoms with Crippen molar-refractivity contribution in [3.63, 3.8) is 0 Å². The number of aliphatic hydroxyl groups is 2. The molecule has 0 saturated heterocycles. The van der Waals surface area contributed by atoms with Crippen molar-refractivity contribution in [2.45, 2.75) is 71.3 Å². The minimum atomic E-state index is 0.0359. The summed E-state index contributed by atoms with van der Waals surface area (Å²) in [5, 5.41) is 16.8. The molecule has 3 heteroatoms. The summed E-state index contributed by atoms with van der Waals surface area (Å²) in [5.74, 6) is 0. The van der Waals surface area contributed by atoms with Crippen molar-refractivity contribution in [3.8, 4) is 0 Å². The van der Waals surface area contributed by atoms with Gasteiger partial charge < -0.3 is 15.9 Å². The van der Waals surface area contributed by atoms with Crippen LogP contribution in [0.1, 0.15) is 65.2 Å². The summed E-state index contributed by atoms with van der Waals surface area (Å²) in [6.07, 6.45) is 9.18. The third kappa shape index (κ3) is 19.5. The maximum Gasteiger partial charge on any atom is 0.0540 e. The van der Waals surface area contributed by atoms with Crippen molar-refractivity contribution in [3.05, 3.63) is 0 Å². The van der Waals surface area contributed by atoms with Crippen LogP contribution in [0.3, 0.4) is 0 Å². The fourth-order valence-electron chi connectivity index (χ4n) is 1.29. The van der Waals surface area contributed by atoms with E-state index in [4.69, 9.17) is 15.9 Å². The second-order valence-electron chi connectivity index (χ2n) is 4.16. The first-order chi connectivity index (χ1) is 7.72. The Morgan fingerprint density at radius 1 is 1.06 bits per heavy atom. The lowest BCUT2D eigenvalue weighted by Crippen LogP contribution is -2.09. The van der Waals surface area contributed by atoms with Crippen molar-refractivity contribution < 1.29 is 10.2 Å². The molecule has 0 aliphatic heterocycles. The van der Waals surface area contributed by atoms with Crippen molar-refractivity contribution >= 4 is 0 Å². The van der Waals surface area contributed by atoms with Crippen LogP contribution in [0.5, 0.6) is 0 Å².